The molecule has 148 valence electrons. The molecule has 6 heteroatoms. The lowest BCUT2D eigenvalue weighted by Gasteiger charge is -2.11. The molecule has 0 bridgehead atoms. The molecule has 0 atom stereocenters. The number of hydrogen-bond acceptors (Lipinski definition) is 5. The minimum Gasteiger partial charge on any atom is -0.496 e. The number of carbonyl (C=O) groups excluding carboxylic acids is 2. The molecule has 0 unspecified atom stereocenters. The number of nitrogens with one attached hydrogen (secondary N) is 1. The van der Waals surface area contributed by atoms with Gasteiger partial charge in [-0.1, -0.05) is 54.6 Å². The molecular weight excluding hydrogens is 386 g/mol. The number of hydrogen-bond donors (Lipinski definition) is 1. The number of ether oxygens (including phenoxy) is 2. The van der Waals surface area contributed by atoms with Crippen molar-refractivity contribution in [2.75, 3.05) is 13.7 Å². The fourth-order valence-electron chi connectivity index (χ4n) is 2.68. The third kappa shape index (κ3) is 5.80. The van der Waals surface area contributed by atoms with Crippen LogP contribution in [0.5, 0.6) is 5.75 Å². The summed E-state index contributed by atoms with van der Waals surface area (Å²) in [4.78, 5) is 25.8. The first kappa shape index (κ1) is 20.4. The Morgan fingerprint density at radius 3 is 2.48 bits per heavy atom. The molecule has 2 aromatic carbocycles. The fraction of sp³-hybridized carbons (Fsp3) is 0.130. The summed E-state index contributed by atoms with van der Waals surface area (Å²) in [5.41, 5.74) is 1.79. The Balaban J connectivity index is 1.73. The Morgan fingerprint density at radius 1 is 1.00 bits per heavy atom. The molecule has 0 aliphatic heterocycles. The van der Waals surface area contributed by atoms with E-state index in [2.05, 4.69) is 5.32 Å². The SMILES string of the molecule is COc1ccccc1/C=C(/C(=O)OCC(=O)NCc1cccs1)c1ccccc1. The van der Waals surface area contributed by atoms with Gasteiger partial charge in [-0.2, -0.15) is 0 Å². The number of methoxy groups -OCH3 is 1. The predicted octanol–water partition coefficient (Wildman–Crippen LogP) is 4.16. The molecule has 1 aromatic heterocycles. The van der Waals surface area contributed by atoms with Crippen molar-refractivity contribution in [3.05, 3.63) is 88.1 Å². The Kier molecular flexibility index (Phi) is 7.19. The third-order valence-corrected chi connectivity index (χ3v) is 4.99. The fourth-order valence-corrected chi connectivity index (χ4v) is 3.32. The van der Waals surface area contributed by atoms with Crippen molar-refractivity contribution in [1.82, 2.24) is 5.32 Å². The molecule has 0 fully saturated rings. The molecule has 0 aliphatic carbocycles. The van der Waals surface area contributed by atoms with E-state index in [4.69, 9.17) is 9.47 Å². The molecule has 1 N–H and O–H groups in total. The quantitative estimate of drug-likeness (QED) is 0.346. The van der Waals surface area contributed by atoms with E-state index in [1.165, 1.54) is 0 Å². The van der Waals surface area contributed by atoms with Gasteiger partial charge in [0, 0.05) is 10.4 Å². The normalized spacial score (nSPS) is 11.0. The van der Waals surface area contributed by atoms with Gasteiger partial charge in [-0.25, -0.2) is 4.79 Å². The van der Waals surface area contributed by atoms with Gasteiger partial charge in [0.25, 0.3) is 5.91 Å². The van der Waals surface area contributed by atoms with Crippen molar-refractivity contribution >= 4 is 34.9 Å². The van der Waals surface area contributed by atoms with Crippen LogP contribution in [-0.2, 0) is 20.9 Å². The van der Waals surface area contributed by atoms with Crippen LogP contribution in [0.1, 0.15) is 16.0 Å². The van der Waals surface area contributed by atoms with Gasteiger partial charge in [0.2, 0.25) is 0 Å². The second-order valence-corrected chi connectivity index (χ2v) is 7.13. The molecule has 0 radical (unpaired) electrons. The van der Waals surface area contributed by atoms with Crippen LogP contribution in [0.4, 0.5) is 0 Å². The van der Waals surface area contributed by atoms with Gasteiger partial charge < -0.3 is 14.8 Å². The van der Waals surface area contributed by atoms with E-state index in [0.717, 1.165) is 10.4 Å². The van der Waals surface area contributed by atoms with E-state index in [0.29, 0.717) is 23.4 Å². The van der Waals surface area contributed by atoms with Gasteiger partial charge in [-0.05, 0) is 29.2 Å². The number of thiophene rings is 1. The number of rotatable bonds is 8. The maximum atomic E-state index is 12.8. The smallest absolute Gasteiger partial charge is 0.339 e. The zero-order valence-electron chi connectivity index (χ0n) is 16.0. The average molecular weight is 407 g/mol. The molecule has 0 saturated heterocycles. The van der Waals surface area contributed by atoms with Crippen LogP contribution in [0.3, 0.4) is 0 Å². The molecule has 1 heterocycles. The summed E-state index contributed by atoms with van der Waals surface area (Å²) >= 11 is 1.55. The minimum atomic E-state index is -0.576. The third-order valence-electron chi connectivity index (χ3n) is 4.12. The highest BCUT2D eigenvalue weighted by atomic mass is 32.1. The summed E-state index contributed by atoms with van der Waals surface area (Å²) in [5, 5.41) is 4.68. The second-order valence-electron chi connectivity index (χ2n) is 6.10. The van der Waals surface area contributed by atoms with Crippen LogP contribution in [0, 0.1) is 0 Å². The van der Waals surface area contributed by atoms with Crippen molar-refractivity contribution in [3.63, 3.8) is 0 Å². The number of amides is 1. The van der Waals surface area contributed by atoms with Crippen LogP contribution in [-0.4, -0.2) is 25.6 Å². The Morgan fingerprint density at radius 2 is 1.76 bits per heavy atom. The lowest BCUT2D eigenvalue weighted by Crippen LogP contribution is -2.28. The zero-order valence-corrected chi connectivity index (χ0v) is 16.8. The monoisotopic (exact) mass is 407 g/mol. The number of carbonyl (C=O) groups is 2. The van der Waals surface area contributed by atoms with E-state index < -0.39 is 5.97 Å². The zero-order chi connectivity index (χ0) is 20.5. The first-order chi connectivity index (χ1) is 14.2. The second kappa shape index (κ2) is 10.2. The standard InChI is InChI=1S/C23H21NO4S/c1-27-21-12-6-5-10-18(21)14-20(17-8-3-2-4-9-17)23(26)28-16-22(25)24-15-19-11-7-13-29-19/h2-14H,15-16H2,1H3,(H,24,25)/b20-14+. The van der Waals surface area contributed by atoms with E-state index in [-0.39, 0.29) is 12.5 Å². The molecule has 1 amide bonds. The van der Waals surface area contributed by atoms with Gasteiger partial charge in [0.1, 0.15) is 5.75 Å². The number of para-hydroxylation sites is 1. The highest BCUT2D eigenvalue weighted by Gasteiger charge is 2.16. The summed E-state index contributed by atoms with van der Waals surface area (Å²) in [7, 11) is 1.57. The molecule has 0 spiro atoms. The van der Waals surface area contributed by atoms with E-state index in [1.807, 2.05) is 72.1 Å². The van der Waals surface area contributed by atoms with Gasteiger partial charge in [-0.15, -0.1) is 11.3 Å². The molecule has 5 nitrogen and oxygen atoms in total. The van der Waals surface area contributed by atoms with Crippen LogP contribution < -0.4 is 10.1 Å². The topological polar surface area (TPSA) is 64.6 Å². The molecule has 3 rings (SSSR count). The summed E-state index contributed by atoms with van der Waals surface area (Å²) < 4.78 is 10.6. The van der Waals surface area contributed by atoms with Crippen LogP contribution in [0.25, 0.3) is 11.6 Å². The van der Waals surface area contributed by atoms with Crippen molar-refractivity contribution in [3.8, 4) is 5.75 Å². The van der Waals surface area contributed by atoms with Gasteiger partial charge in [-0.3, -0.25) is 4.79 Å². The first-order valence-electron chi connectivity index (χ1n) is 9.03. The largest absolute Gasteiger partial charge is 0.496 e. The highest BCUT2D eigenvalue weighted by Crippen LogP contribution is 2.25. The summed E-state index contributed by atoms with van der Waals surface area (Å²) in [5.74, 6) is -0.285. The molecule has 29 heavy (non-hydrogen) atoms. The number of esters is 1. The van der Waals surface area contributed by atoms with Gasteiger partial charge in [0.15, 0.2) is 6.61 Å². The van der Waals surface area contributed by atoms with Crippen LogP contribution in [0.2, 0.25) is 0 Å². The molecule has 3 aromatic rings. The van der Waals surface area contributed by atoms with Crippen LogP contribution >= 0.6 is 11.3 Å². The first-order valence-corrected chi connectivity index (χ1v) is 9.91. The Bertz CT molecular complexity index is 981. The lowest BCUT2D eigenvalue weighted by atomic mass is 10.0. The summed E-state index contributed by atoms with van der Waals surface area (Å²) in [6.07, 6.45) is 1.71. The van der Waals surface area contributed by atoms with Gasteiger partial charge in [0.05, 0.1) is 19.2 Å². The highest BCUT2D eigenvalue weighted by molar-refractivity contribution is 7.09. The Labute approximate surface area is 173 Å². The maximum Gasteiger partial charge on any atom is 0.339 e. The summed E-state index contributed by atoms with van der Waals surface area (Å²) in [6, 6.07) is 20.4. The minimum absolute atomic E-state index is 0.347. The Hall–Kier alpha value is -3.38. The molecule has 0 saturated carbocycles. The molecule has 0 aliphatic rings. The van der Waals surface area contributed by atoms with Crippen molar-refractivity contribution in [2.45, 2.75) is 6.54 Å². The summed E-state index contributed by atoms with van der Waals surface area (Å²) in [6.45, 7) is 0.0664. The van der Waals surface area contributed by atoms with Crippen molar-refractivity contribution < 1.29 is 19.1 Å². The van der Waals surface area contributed by atoms with Crippen molar-refractivity contribution in [1.29, 1.82) is 0 Å². The predicted molar refractivity (Wildman–Crippen MR) is 114 cm³/mol. The average Bonchev–Trinajstić information content (AvgIpc) is 3.29. The lowest BCUT2D eigenvalue weighted by molar-refractivity contribution is -0.142. The van der Waals surface area contributed by atoms with E-state index in [9.17, 15) is 9.59 Å². The van der Waals surface area contributed by atoms with Crippen molar-refractivity contribution in [2.24, 2.45) is 0 Å². The van der Waals surface area contributed by atoms with E-state index in [1.54, 1.807) is 24.5 Å². The van der Waals surface area contributed by atoms with E-state index >= 15 is 0 Å². The molecular formula is C23H21NO4S. The number of benzene rings is 2. The van der Waals surface area contributed by atoms with Crippen LogP contribution in [0.15, 0.2) is 72.1 Å². The maximum absolute atomic E-state index is 12.8. The van der Waals surface area contributed by atoms with Gasteiger partial charge >= 0.3 is 5.97 Å².